The van der Waals surface area contributed by atoms with E-state index in [-0.39, 0.29) is 18.6 Å². The zero-order valence-electron chi connectivity index (χ0n) is 17.0. The molecule has 0 saturated heterocycles. The van der Waals surface area contributed by atoms with Crippen molar-refractivity contribution < 1.29 is 14.3 Å². The van der Waals surface area contributed by atoms with E-state index in [0.717, 1.165) is 54.3 Å². The topological polar surface area (TPSA) is 56.1 Å². The smallest absolute Gasteiger partial charge is 0.231 e. The van der Waals surface area contributed by atoms with Gasteiger partial charge in [0.05, 0.1) is 5.69 Å². The van der Waals surface area contributed by atoms with Crippen LogP contribution in [0.5, 0.6) is 11.5 Å². The van der Waals surface area contributed by atoms with E-state index in [2.05, 4.69) is 23.2 Å². The summed E-state index contributed by atoms with van der Waals surface area (Å²) in [5, 5.41) is 0. The number of aromatic nitrogens is 2. The highest BCUT2D eigenvalue weighted by atomic mass is 16.7. The number of carbonyl (C=O) groups excluding carboxylic acids is 1. The molecular weight excluding hydrogens is 366 g/mol. The first-order valence-corrected chi connectivity index (χ1v) is 10.3. The highest BCUT2D eigenvalue weighted by Crippen LogP contribution is 2.38. The van der Waals surface area contributed by atoms with Gasteiger partial charge in [0.25, 0.3) is 0 Å². The Morgan fingerprint density at radius 1 is 1.14 bits per heavy atom. The zero-order chi connectivity index (χ0) is 20.2. The molecule has 0 radical (unpaired) electrons. The van der Waals surface area contributed by atoms with Crippen LogP contribution < -0.4 is 9.47 Å². The number of imidazole rings is 1. The molecule has 0 bridgehead atoms. The van der Waals surface area contributed by atoms with E-state index in [1.807, 2.05) is 53.7 Å². The minimum Gasteiger partial charge on any atom is -0.454 e. The maximum absolute atomic E-state index is 13.2. The second-order valence-corrected chi connectivity index (χ2v) is 7.36. The molecule has 0 spiro atoms. The van der Waals surface area contributed by atoms with E-state index in [1.54, 1.807) is 0 Å². The lowest BCUT2D eigenvalue weighted by molar-refractivity contribution is -0.131. The van der Waals surface area contributed by atoms with Crippen molar-refractivity contribution in [3.05, 3.63) is 60.0 Å². The molecule has 3 heterocycles. The van der Waals surface area contributed by atoms with Gasteiger partial charge in [0, 0.05) is 37.8 Å². The van der Waals surface area contributed by atoms with E-state index in [4.69, 9.17) is 9.47 Å². The van der Waals surface area contributed by atoms with Crippen LogP contribution in [-0.2, 0) is 4.79 Å². The number of nitrogens with zero attached hydrogens (tertiary/aromatic N) is 3. The number of benzene rings is 1. The van der Waals surface area contributed by atoms with Crippen LogP contribution in [0.25, 0.3) is 5.65 Å². The van der Waals surface area contributed by atoms with Gasteiger partial charge in [-0.3, -0.25) is 4.79 Å². The van der Waals surface area contributed by atoms with Gasteiger partial charge >= 0.3 is 0 Å². The van der Waals surface area contributed by atoms with Crippen LogP contribution in [0.4, 0.5) is 0 Å². The SMILES string of the molecule is CCCN(CCC)C(=O)CC(c1ccc2c(c1)OCO2)c1cnc2ccccn12. The van der Waals surface area contributed by atoms with Crippen molar-refractivity contribution in [1.29, 1.82) is 0 Å². The van der Waals surface area contributed by atoms with Crippen LogP contribution in [-0.4, -0.2) is 40.1 Å². The van der Waals surface area contributed by atoms with Gasteiger partial charge in [0.2, 0.25) is 12.7 Å². The van der Waals surface area contributed by atoms with Crippen molar-refractivity contribution in [2.24, 2.45) is 0 Å². The lowest BCUT2D eigenvalue weighted by Gasteiger charge is -2.25. The lowest BCUT2D eigenvalue weighted by atomic mass is 9.91. The molecular formula is C23H27N3O3. The quantitative estimate of drug-likeness (QED) is 0.575. The molecule has 152 valence electrons. The standard InChI is InChI=1S/C23H27N3O3/c1-3-10-25(11-4-2)23(27)14-18(17-8-9-20-21(13-17)29-16-28-20)19-15-24-22-7-5-6-12-26(19)22/h5-9,12-13,15,18H,3-4,10-11,14,16H2,1-2H3. The summed E-state index contributed by atoms with van der Waals surface area (Å²) in [7, 11) is 0. The molecule has 1 aliphatic heterocycles. The highest BCUT2D eigenvalue weighted by Gasteiger charge is 2.26. The van der Waals surface area contributed by atoms with Crippen LogP contribution in [0.3, 0.4) is 0 Å². The second-order valence-electron chi connectivity index (χ2n) is 7.36. The number of hydrogen-bond acceptors (Lipinski definition) is 4. The predicted molar refractivity (Wildman–Crippen MR) is 111 cm³/mol. The van der Waals surface area contributed by atoms with Gasteiger partial charge in [0.15, 0.2) is 11.5 Å². The zero-order valence-corrected chi connectivity index (χ0v) is 17.0. The molecule has 1 aromatic carbocycles. The molecule has 0 aliphatic carbocycles. The Bertz CT molecular complexity index is 992. The van der Waals surface area contributed by atoms with Crippen LogP contribution in [0.15, 0.2) is 48.8 Å². The summed E-state index contributed by atoms with van der Waals surface area (Å²) in [6.07, 6.45) is 6.17. The number of ether oxygens (including phenoxy) is 2. The molecule has 4 rings (SSSR count). The molecule has 1 aliphatic rings. The van der Waals surface area contributed by atoms with Crippen LogP contribution >= 0.6 is 0 Å². The Balaban J connectivity index is 1.72. The maximum atomic E-state index is 13.2. The fourth-order valence-corrected chi connectivity index (χ4v) is 3.94. The molecule has 6 heteroatoms. The summed E-state index contributed by atoms with van der Waals surface area (Å²) < 4.78 is 13.1. The number of amides is 1. The number of carbonyl (C=O) groups is 1. The molecule has 6 nitrogen and oxygen atoms in total. The van der Waals surface area contributed by atoms with Crippen molar-refractivity contribution in [2.45, 2.75) is 39.0 Å². The molecule has 1 atom stereocenters. The predicted octanol–water partition coefficient (Wildman–Crippen LogP) is 4.23. The van der Waals surface area contributed by atoms with Crippen molar-refractivity contribution in [3.8, 4) is 11.5 Å². The Labute approximate surface area is 171 Å². The normalized spacial score (nSPS) is 13.6. The Kier molecular flexibility index (Phi) is 5.69. The number of rotatable bonds is 8. The van der Waals surface area contributed by atoms with Gasteiger partial charge in [-0.05, 0) is 42.7 Å². The van der Waals surface area contributed by atoms with Gasteiger partial charge in [-0.2, -0.15) is 0 Å². The van der Waals surface area contributed by atoms with Crippen LogP contribution in [0.2, 0.25) is 0 Å². The fraction of sp³-hybridized carbons (Fsp3) is 0.391. The van der Waals surface area contributed by atoms with E-state index >= 15 is 0 Å². The molecule has 29 heavy (non-hydrogen) atoms. The molecule has 1 unspecified atom stereocenters. The summed E-state index contributed by atoms with van der Waals surface area (Å²) >= 11 is 0. The molecule has 0 fully saturated rings. The lowest BCUT2D eigenvalue weighted by Crippen LogP contribution is -2.33. The van der Waals surface area contributed by atoms with Gasteiger partial charge in [-0.1, -0.05) is 26.0 Å². The molecule has 0 saturated carbocycles. The van der Waals surface area contributed by atoms with E-state index < -0.39 is 0 Å². The number of hydrogen-bond donors (Lipinski definition) is 0. The summed E-state index contributed by atoms with van der Waals surface area (Å²) in [5.41, 5.74) is 2.90. The first-order valence-electron chi connectivity index (χ1n) is 10.3. The van der Waals surface area contributed by atoms with Crippen molar-refractivity contribution in [3.63, 3.8) is 0 Å². The van der Waals surface area contributed by atoms with Crippen LogP contribution in [0, 0.1) is 0 Å². The molecule has 0 N–H and O–H groups in total. The fourth-order valence-electron chi connectivity index (χ4n) is 3.94. The van der Waals surface area contributed by atoms with Crippen LogP contribution in [0.1, 0.15) is 50.3 Å². The third-order valence-corrected chi connectivity index (χ3v) is 5.32. The Morgan fingerprint density at radius 2 is 1.93 bits per heavy atom. The van der Waals surface area contributed by atoms with E-state index in [1.165, 1.54) is 0 Å². The summed E-state index contributed by atoms with van der Waals surface area (Å²) in [6.45, 7) is 6.02. The first kappa shape index (κ1) is 19.3. The summed E-state index contributed by atoms with van der Waals surface area (Å²) in [5.74, 6) is 1.52. The minimum absolute atomic E-state index is 0.120. The van der Waals surface area contributed by atoms with Gasteiger partial charge in [0.1, 0.15) is 5.65 Å². The first-order chi connectivity index (χ1) is 14.2. The third kappa shape index (κ3) is 3.92. The minimum atomic E-state index is -0.120. The highest BCUT2D eigenvalue weighted by molar-refractivity contribution is 5.78. The third-order valence-electron chi connectivity index (χ3n) is 5.32. The largest absolute Gasteiger partial charge is 0.454 e. The summed E-state index contributed by atoms with van der Waals surface area (Å²) in [6, 6.07) is 11.9. The number of pyridine rings is 1. The Hall–Kier alpha value is -3.02. The Morgan fingerprint density at radius 3 is 2.72 bits per heavy atom. The average Bonchev–Trinajstić information content (AvgIpc) is 3.38. The maximum Gasteiger partial charge on any atom is 0.231 e. The summed E-state index contributed by atoms with van der Waals surface area (Å²) in [4.78, 5) is 19.7. The van der Waals surface area contributed by atoms with Crippen molar-refractivity contribution in [1.82, 2.24) is 14.3 Å². The van der Waals surface area contributed by atoms with Crippen molar-refractivity contribution >= 4 is 11.6 Å². The average molecular weight is 393 g/mol. The molecule has 1 amide bonds. The van der Waals surface area contributed by atoms with Gasteiger partial charge in [-0.25, -0.2) is 4.98 Å². The second kappa shape index (κ2) is 8.55. The van der Waals surface area contributed by atoms with E-state index in [0.29, 0.717) is 6.42 Å². The monoisotopic (exact) mass is 393 g/mol. The van der Waals surface area contributed by atoms with Gasteiger partial charge < -0.3 is 18.8 Å². The van der Waals surface area contributed by atoms with E-state index in [9.17, 15) is 4.79 Å². The van der Waals surface area contributed by atoms with Gasteiger partial charge in [-0.15, -0.1) is 0 Å². The molecule has 3 aromatic rings. The number of fused-ring (bicyclic) bond motifs is 2. The molecule has 2 aromatic heterocycles. The van der Waals surface area contributed by atoms with Crippen molar-refractivity contribution in [2.75, 3.05) is 19.9 Å².